The summed E-state index contributed by atoms with van der Waals surface area (Å²) in [6.07, 6.45) is 0.257. The number of carbonyl (C=O) groups excluding carboxylic acids is 2. The first-order valence-electron chi connectivity index (χ1n) is 10.1. The fourth-order valence-corrected chi connectivity index (χ4v) is 4.59. The second kappa shape index (κ2) is 8.44. The summed E-state index contributed by atoms with van der Waals surface area (Å²) in [4.78, 5) is 31.4. The number of rotatable bonds is 4. The van der Waals surface area contributed by atoms with Gasteiger partial charge in [-0.25, -0.2) is 4.98 Å². The molecular formula is C24H24ClN3O2S. The fourth-order valence-electron chi connectivity index (χ4n) is 3.63. The third kappa shape index (κ3) is 4.81. The van der Waals surface area contributed by atoms with Crippen molar-refractivity contribution in [3.8, 4) is 21.8 Å². The quantitative estimate of drug-likeness (QED) is 0.549. The van der Waals surface area contributed by atoms with Gasteiger partial charge in [-0.05, 0) is 45.0 Å². The first kappa shape index (κ1) is 21.5. The molecule has 1 saturated heterocycles. The van der Waals surface area contributed by atoms with Crippen LogP contribution in [0.25, 0.3) is 21.8 Å². The highest BCUT2D eigenvalue weighted by Gasteiger charge is 2.39. The van der Waals surface area contributed by atoms with Gasteiger partial charge in [0.25, 0.3) is 0 Å². The summed E-state index contributed by atoms with van der Waals surface area (Å²) in [5.74, 6) is -0.415. The first-order valence-corrected chi connectivity index (χ1v) is 11.4. The Hall–Kier alpha value is -2.70. The fraction of sp³-hybridized carbons (Fsp3) is 0.292. The number of nitrogens with one attached hydrogen (secondary N) is 1. The molecule has 4 rings (SSSR count). The lowest BCUT2D eigenvalue weighted by Gasteiger charge is -2.31. The number of amides is 2. The van der Waals surface area contributed by atoms with Gasteiger partial charge in [-0.15, -0.1) is 11.3 Å². The molecule has 7 heteroatoms. The molecule has 2 amide bonds. The molecule has 1 aliphatic heterocycles. The standard InChI is InChI=1S/C24H24ClN3O2S/c1-24(2,3)28-13-17(12-21(28)29)22(30)26-19-10-6-15(7-11-19)20-14-31-23(27-20)16-4-8-18(25)9-5-16/h4-11,14,17H,12-13H2,1-3H3,(H,26,30). The number of benzene rings is 2. The van der Waals surface area contributed by atoms with Crippen LogP contribution in [0.4, 0.5) is 5.69 Å². The van der Waals surface area contributed by atoms with Gasteiger partial charge in [0, 0.05) is 45.7 Å². The van der Waals surface area contributed by atoms with Gasteiger partial charge in [-0.3, -0.25) is 9.59 Å². The van der Waals surface area contributed by atoms with Crippen molar-refractivity contribution in [3.05, 3.63) is 58.9 Å². The summed E-state index contributed by atoms with van der Waals surface area (Å²) in [5, 5.41) is 6.59. The number of carbonyl (C=O) groups is 2. The Labute approximate surface area is 191 Å². The molecule has 1 aliphatic rings. The zero-order valence-corrected chi connectivity index (χ0v) is 19.3. The molecule has 0 bridgehead atoms. The van der Waals surface area contributed by atoms with Crippen molar-refractivity contribution in [2.24, 2.45) is 5.92 Å². The maximum Gasteiger partial charge on any atom is 0.229 e. The number of hydrogen-bond acceptors (Lipinski definition) is 4. The lowest BCUT2D eigenvalue weighted by Crippen LogP contribution is -2.42. The Morgan fingerprint density at radius 1 is 1.10 bits per heavy atom. The number of likely N-dealkylation sites (tertiary alicyclic amines) is 1. The highest BCUT2D eigenvalue weighted by molar-refractivity contribution is 7.13. The number of halogens is 1. The summed E-state index contributed by atoms with van der Waals surface area (Å²) in [5.41, 5.74) is 3.33. The van der Waals surface area contributed by atoms with Crippen LogP contribution < -0.4 is 5.32 Å². The Balaban J connectivity index is 1.42. The van der Waals surface area contributed by atoms with E-state index in [-0.39, 0.29) is 29.7 Å². The lowest BCUT2D eigenvalue weighted by atomic mass is 10.1. The van der Waals surface area contributed by atoms with Gasteiger partial charge in [0.15, 0.2) is 0 Å². The molecule has 0 radical (unpaired) electrons. The smallest absolute Gasteiger partial charge is 0.229 e. The molecule has 1 aromatic heterocycles. The number of aromatic nitrogens is 1. The van der Waals surface area contributed by atoms with Crippen LogP contribution in [0.3, 0.4) is 0 Å². The topological polar surface area (TPSA) is 62.3 Å². The molecule has 1 N–H and O–H groups in total. The highest BCUT2D eigenvalue weighted by atomic mass is 35.5. The summed E-state index contributed by atoms with van der Waals surface area (Å²) in [6.45, 7) is 6.42. The van der Waals surface area contributed by atoms with Gasteiger partial charge in [0.1, 0.15) is 5.01 Å². The highest BCUT2D eigenvalue weighted by Crippen LogP contribution is 2.31. The molecule has 0 aliphatic carbocycles. The third-order valence-electron chi connectivity index (χ3n) is 5.35. The Morgan fingerprint density at radius 3 is 2.35 bits per heavy atom. The minimum absolute atomic E-state index is 0.0306. The largest absolute Gasteiger partial charge is 0.337 e. The van der Waals surface area contributed by atoms with Crippen molar-refractivity contribution in [1.29, 1.82) is 0 Å². The molecule has 2 heterocycles. The maximum absolute atomic E-state index is 12.7. The molecule has 0 saturated carbocycles. The van der Waals surface area contributed by atoms with Gasteiger partial charge < -0.3 is 10.2 Å². The Kier molecular flexibility index (Phi) is 5.86. The van der Waals surface area contributed by atoms with E-state index in [9.17, 15) is 9.59 Å². The summed E-state index contributed by atoms with van der Waals surface area (Å²) in [7, 11) is 0. The van der Waals surface area contributed by atoms with E-state index in [4.69, 9.17) is 16.6 Å². The third-order valence-corrected chi connectivity index (χ3v) is 6.49. The van der Waals surface area contributed by atoms with Gasteiger partial charge >= 0.3 is 0 Å². The number of thiazole rings is 1. The predicted octanol–water partition coefficient (Wildman–Crippen LogP) is 5.72. The van der Waals surface area contributed by atoms with Gasteiger partial charge in [-0.1, -0.05) is 35.9 Å². The van der Waals surface area contributed by atoms with E-state index in [1.165, 1.54) is 0 Å². The SMILES string of the molecule is CC(C)(C)N1CC(C(=O)Nc2ccc(-c3csc(-c4ccc(Cl)cc4)n3)cc2)CC1=O. The van der Waals surface area contributed by atoms with E-state index in [0.29, 0.717) is 17.3 Å². The molecule has 5 nitrogen and oxygen atoms in total. The minimum atomic E-state index is -0.327. The minimum Gasteiger partial charge on any atom is -0.337 e. The summed E-state index contributed by atoms with van der Waals surface area (Å²) >= 11 is 7.54. The molecule has 160 valence electrons. The molecular weight excluding hydrogens is 430 g/mol. The van der Waals surface area contributed by atoms with Gasteiger partial charge in [-0.2, -0.15) is 0 Å². The van der Waals surface area contributed by atoms with E-state index >= 15 is 0 Å². The van der Waals surface area contributed by atoms with Gasteiger partial charge in [0.2, 0.25) is 11.8 Å². The molecule has 1 fully saturated rings. The normalized spacial score (nSPS) is 16.6. The predicted molar refractivity (Wildman–Crippen MR) is 126 cm³/mol. The summed E-state index contributed by atoms with van der Waals surface area (Å²) in [6, 6.07) is 15.2. The Morgan fingerprint density at radius 2 is 1.74 bits per heavy atom. The number of nitrogens with zero attached hydrogens (tertiary/aromatic N) is 2. The van der Waals surface area contributed by atoms with Crippen LogP contribution in [-0.4, -0.2) is 33.8 Å². The molecule has 1 atom stereocenters. The van der Waals surface area contributed by atoms with Crippen molar-refractivity contribution in [1.82, 2.24) is 9.88 Å². The van der Waals surface area contributed by atoms with Crippen LogP contribution in [0.15, 0.2) is 53.9 Å². The van der Waals surface area contributed by atoms with E-state index < -0.39 is 0 Å². The zero-order valence-electron chi connectivity index (χ0n) is 17.7. The first-order chi connectivity index (χ1) is 14.7. The van der Waals surface area contributed by atoms with Crippen molar-refractivity contribution in [2.75, 3.05) is 11.9 Å². The molecule has 3 aromatic rings. The average Bonchev–Trinajstić information content (AvgIpc) is 3.36. The molecule has 1 unspecified atom stereocenters. The monoisotopic (exact) mass is 453 g/mol. The van der Waals surface area contributed by atoms with E-state index in [1.54, 1.807) is 16.2 Å². The number of anilines is 1. The van der Waals surface area contributed by atoms with Crippen LogP contribution in [0.2, 0.25) is 5.02 Å². The van der Waals surface area contributed by atoms with E-state index in [2.05, 4.69) is 5.32 Å². The lowest BCUT2D eigenvalue weighted by molar-refractivity contribution is -0.131. The van der Waals surface area contributed by atoms with Crippen LogP contribution in [0.5, 0.6) is 0 Å². The molecule has 0 spiro atoms. The van der Waals surface area contributed by atoms with Crippen LogP contribution >= 0.6 is 22.9 Å². The van der Waals surface area contributed by atoms with Crippen molar-refractivity contribution < 1.29 is 9.59 Å². The van der Waals surface area contributed by atoms with Gasteiger partial charge in [0.05, 0.1) is 11.6 Å². The second-order valence-electron chi connectivity index (χ2n) is 8.69. The van der Waals surface area contributed by atoms with Crippen LogP contribution in [0, 0.1) is 5.92 Å². The average molecular weight is 454 g/mol. The van der Waals surface area contributed by atoms with Crippen molar-refractivity contribution >= 4 is 40.4 Å². The zero-order chi connectivity index (χ0) is 22.2. The Bertz CT molecular complexity index is 1100. The van der Waals surface area contributed by atoms with Crippen molar-refractivity contribution in [2.45, 2.75) is 32.7 Å². The van der Waals surface area contributed by atoms with Crippen molar-refractivity contribution in [3.63, 3.8) is 0 Å². The van der Waals surface area contributed by atoms with E-state index in [1.807, 2.05) is 74.7 Å². The van der Waals surface area contributed by atoms with Crippen LogP contribution in [0.1, 0.15) is 27.2 Å². The maximum atomic E-state index is 12.7. The molecule has 2 aromatic carbocycles. The second-order valence-corrected chi connectivity index (χ2v) is 9.98. The summed E-state index contributed by atoms with van der Waals surface area (Å²) < 4.78 is 0. The molecule has 31 heavy (non-hydrogen) atoms. The number of hydrogen-bond donors (Lipinski definition) is 1. The van der Waals surface area contributed by atoms with E-state index in [0.717, 1.165) is 21.8 Å². The van der Waals surface area contributed by atoms with Crippen LogP contribution in [-0.2, 0) is 9.59 Å².